The molecule has 1 aromatic heterocycles. The fraction of sp³-hybridized carbons (Fsp3) is 0.438. The molecule has 1 aromatic carbocycles. The molecule has 2 heterocycles. The lowest BCUT2D eigenvalue weighted by Crippen LogP contribution is -2.39. The van der Waals surface area contributed by atoms with Crippen molar-refractivity contribution in [1.82, 2.24) is 13.9 Å². The van der Waals surface area contributed by atoms with Crippen molar-refractivity contribution >= 4 is 21.6 Å². The van der Waals surface area contributed by atoms with Crippen molar-refractivity contribution in [2.45, 2.75) is 31.2 Å². The zero-order valence-corrected chi connectivity index (χ0v) is 14.9. The predicted octanol–water partition coefficient (Wildman–Crippen LogP) is 3.08. The lowest BCUT2D eigenvalue weighted by molar-refractivity contribution is 0.252. The van der Waals surface area contributed by atoms with E-state index in [4.69, 9.17) is 11.6 Å². The maximum absolute atomic E-state index is 13.2. The molecule has 0 aliphatic carbocycles. The molecule has 0 saturated carbocycles. The molecule has 1 saturated heterocycles. The van der Waals surface area contributed by atoms with E-state index in [1.807, 2.05) is 13.1 Å². The van der Waals surface area contributed by atoms with Crippen LogP contribution in [-0.4, -0.2) is 35.4 Å². The molecule has 5 nitrogen and oxygen atoms in total. The summed E-state index contributed by atoms with van der Waals surface area (Å²) in [5.41, 5.74) is 0. The third-order valence-electron chi connectivity index (χ3n) is 4.48. The van der Waals surface area contributed by atoms with Gasteiger partial charge in [-0.2, -0.15) is 4.31 Å². The summed E-state index contributed by atoms with van der Waals surface area (Å²) in [6, 6.07) is 3.52. The Morgan fingerprint density at radius 3 is 2.62 bits per heavy atom. The molecule has 1 aliphatic heterocycles. The Balaban J connectivity index is 1.67. The first-order valence-electron chi connectivity index (χ1n) is 7.81. The fourth-order valence-corrected chi connectivity index (χ4v) is 4.74. The van der Waals surface area contributed by atoms with E-state index >= 15 is 0 Å². The quantitative estimate of drug-likeness (QED) is 0.829. The van der Waals surface area contributed by atoms with E-state index in [1.54, 1.807) is 6.20 Å². The number of imidazole rings is 1. The van der Waals surface area contributed by atoms with Crippen LogP contribution in [0.2, 0.25) is 5.02 Å². The Morgan fingerprint density at radius 1 is 1.33 bits per heavy atom. The number of nitrogens with zero attached hydrogens (tertiary/aromatic N) is 3. The first-order chi connectivity index (χ1) is 11.4. The molecule has 0 atom stereocenters. The predicted molar refractivity (Wildman–Crippen MR) is 89.9 cm³/mol. The Hall–Kier alpha value is -1.44. The van der Waals surface area contributed by atoms with E-state index in [-0.39, 0.29) is 9.92 Å². The second-order valence-electron chi connectivity index (χ2n) is 6.05. The summed E-state index contributed by atoms with van der Waals surface area (Å²) in [7, 11) is -3.63. The van der Waals surface area contributed by atoms with E-state index in [0.717, 1.165) is 31.3 Å². The van der Waals surface area contributed by atoms with Gasteiger partial charge in [0.15, 0.2) is 0 Å². The summed E-state index contributed by atoms with van der Waals surface area (Å²) < 4.78 is 42.1. The van der Waals surface area contributed by atoms with Gasteiger partial charge in [0, 0.05) is 32.0 Å². The summed E-state index contributed by atoms with van der Waals surface area (Å²) in [4.78, 5) is 4.24. The van der Waals surface area contributed by atoms with Crippen LogP contribution in [0.15, 0.2) is 35.5 Å². The molecule has 0 bridgehead atoms. The topological polar surface area (TPSA) is 55.2 Å². The van der Waals surface area contributed by atoms with E-state index in [2.05, 4.69) is 9.55 Å². The highest BCUT2D eigenvalue weighted by molar-refractivity contribution is 7.89. The van der Waals surface area contributed by atoms with Crippen LogP contribution >= 0.6 is 11.6 Å². The third kappa shape index (κ3) is 3.48. The maximum atomic E-state index is 13.2. The molecular formula is C16H19ClFN3O2S. The van der Waals surface area contributed by atoms with Crippen molar-refractivity contribution in [2.75, 3.05) is 13.1 Å². The molecule has 8 heteroatoms. The van der Waals surface area contributed by atoms with Crippen molar-refractivity contribution in [3.8, 4) is 0 Å². The number of benzene rings is 1. The lowest BCUT2D eigenvalue weighted by atomic mass is 9.98. The van der Waals surface area contributed by atoms with Gasteiger partial charge in [0.1, 0.15) is 11.6 Å². The fourth-order valence-electron chi connectivity index (χ4n) is 2.99. The van der Waals surface area contributed by atoms with Crippen molar-refractivity contribution in [3.05, 3.63) is 47.3 Å². The normalized spacial score (nSPS) is 17.3. The molecule has 1 fully saturated rings. The van der Waals surface area contributed by atoms with Crippen molar-refractivity contribution in [2.24, 2.45) is 5.92 Å². The number of halogens is 2. The summed E-state index contributed by atoms with van der Waals surface area (Å²) in [5, 5.41) is -0.179. The average Bonchev–Trinajstić information content (AvgIpc) is 2.95. The summed E-state index contributed by atoms with van der Waals surface area (Å²) >= 11 is 5.71. The van der Waals surface area contributed by atoms with Gasteiger partial charge in [-0.25, -0.2) is 17.8 Å². The highest BCUT2D eigenvalue weighted by Gasteiger charge is 2.30. The van der Waals surface area contributed by atoms with Gasteiger partial charge in [-0.3, -0.25) is 0 Å². The average molecular weight is 372 g/mol. The van der Waals surface area contributed by atoms with E-state index in [0.29, 0.717) is 19.0 Å². The Labute approximate surface area is 146 Å². The Morgan fingerprint density at radius 2 is 2.04 bits per heavy atom. The number of sulfonamides is 1. The number of piperidine rings is 1. The van der Waals surface area contributed by atoms with Crippen LogP contribution < -0.4 is 0 Å². The van der Waals surface area contributed by atoms with Crippen molar-refractivity contribution < 1.29 is 12.8 Å². The molecule has 0 radical (unpaired) electrons. The van der Waals surface area contributed by atoms with Gasteiger partial charge in [0.05, 0.1) is 9.92 Å². The molecular weight excluding hydrogens is 353 g/mol. The maximum Gasteiger partial charge on any atom is 0.243 e. The van der Waals surface area contributed by atoms with Gasteiger partial charge in [0.2, 0.25) is 10.0 Å². The van der Waals surface area contributed by atoms with Gasteiger partial charge in [-0.05, 0) is 43.9 Å². The number of aromatic nitrogens is 2. The zero-order valence-electron chi connectivity index (χ0n) is 13.3. The summed E-state index contributed by atoms with van der Waals surface area (Å²) in [6.45, 7) is 3.71. The SMILES string of the molecule is Cc1nccn1CC1CCN(S(=O)(=O)c2ccc(F)c(Cl)c2)CC1. The van der Waals surface area contributed by atoms with Crippen LogP contribution in [0.3, 0.4) is 0 Å². The molecule has 1 aliphatic rings. The minimum Gasteiger partial charge on any atom is -0.335 e. The van der Waals surface area contributed by atoms with Crippen LogP contribution in [0.1, 0.15) is 18.7 Å². The van der Waals surface area contributed by atoms with E-state index in [1.165, 1.54) is 16.4 Å². The third-order valence-corrected chi connectivity index (χ3v) is 6.67. The van der Waals surface area contributed by atoms with Gasteiger partial charge in [0.25, 0.3) is 0 Å². The Kier molecular flexibility index (Phi) is 4.94. The molecule has 24 heavy (non-hydrogen) atoms. The van der Waals surface area contributed by atoms with Crippen molar-refractivity contribution in [3.63, 3.8) is 0 Å². The highest BCUT2D eigenvalue weighted by Crippen LogP contribution is 2.27. The Bertz CT molecular complexity index is 830. The second-order valence-corrected chi connectivity index (χ2v) is 8.40. The van der Waals surface area contributed by atoms with Crippen LogP contribution in [0.5, 0.6) is 0 Å². The smallest absolute Gasteiger partial charge is 0.243 e. The van der Waals surface area contributed by atoms with Crippen LogP contribution in [-0.2, 0) is 16.6 Å². The monoisotopic (exact) mass is 371 g/mol. The summed E-state index contributed by atoms with van der Waals surface area (Å²) in [6.07, 6.45) is 5.28. The van der Waals surface area contributed by atoms with Gasteiger partial charge in [-0.15, -0.1) is 0 Å². The molecule has 130 valence electrons. The number of aryl methyl sites for hydroxylation is 1. The van der Waals surface area contributed by atoms with Crippen LogP contribution in [0.4, 0.5) is 4.39 Å². The molecule has 3 rings (SSSR count). The van der Waals surface area contributed by atoms with Crippen molar-refractivity contribution in [1.29, 1.82) is 0 Å². The number of hydrogen-bond acceptors (Lipinski definition) is 3. The van der Waals surface area contributed by atoms with Gasteiger partial charge in [-0.1, -0.05) is 11.6 Å². The minimum absolute atomic E-state index is 0.0396. The van der Waals surface area contributed by atoms with Gasteiger partial charge < -0.3 is 4.57 Å². The molecule has 0 N–H and O–H groups in total. The molecule has 2 aromatic rings. The van der Waals surface area contributed by atoms with Gasteiger partial charge >= 0.3 is 0 Å². The molecule has 0 spiro atoms. The number of rotatable bonds is 4. The van der Waals surface area contributed by atoms with E-state index < -0.39 is 15.8 Å². The minimum atomic E-state index is -3.63. The molecule has 0 unspecified atom stereocenters. The molecule has 0 amide bonds. The zero-order chi connectivity index (χ0) is 17.3. The second kappa shape index (κ2) is 6.82. The van der Waals surface area contributed by atoms with Crippen LogP contribution in [0, 0.1) is 18.7 Å². The first kappa shape index (κ1) is 17.4. The highest BCUT2D eigenvalue weighted by atomic mass is 35.5. The van der Waals surface area contributed by atoms with Crippen LogP contribution in [0.25, 0.3) is 0 Å². The van der Waals surface area contributed by atoms with E-state index in [9.17, 15) is 12.8 Å². The number of hydrogen-bond donors (Lipinski definition) is 0. The first-order valence-corrected chi connectivity index (χ1v) is 9.62. The standard InChI is InChI=1S/C16H19ClFN3O2S/c1-12-19-6-9-20(12)11-13-4-7-21(8-5-13)24(22,23)14-2-3-16(18)15(17)10-14/h2-3,6,9-10,13H,4-5,7-8,11H2,1H3. The lowest BCUT2D eigenvalue weighted by Gasteiger charge is -2.31. The largest absolute Gasteiger partial charge is 0.335 e. The summed E-state index contributed by atoms with van der Waals surface area (Å²) in [5.74, 6) is 0.761.